The molecule has 2 heterocycles. The van der Waals surface area contributed by atoms with Gasteiger partial charge in [-0.25, -0.2) is 24.4 Å². The molecule has 3 N–H and O–H groups in total. The van der Waals surface area contributed by atoms with Crippen LogP contribution >= 0.6 is 0 Å². The highest BCUT2D eigenvalue weighted by Crippen LogP contribution is 2.17. The molecular formula is C49H76N8O10. The van der Waals surface area contributed by atoms with Gasteiger partial charge in [-0.1, -0.05) is 29.8 Å². The van der Waals surface area contributed by atoms with Gasteiger partial charge in [-0.2, -0.15) is 0 Å². The Balaban J connectivity index is 1.75. The lowest BCUT2D eigenvalue weighted by Gasteiger charge is -2.27. The number of unbranched alkanes of at least 4 members (excludes halogenated alkanes) is 1. The van der Waals surface area contributed by atoms with Crippen LogP contribution in [0.3, 0.4) is 0 Å². The number of hydrogen-bond acceptors (Lipinski definition) is 13. The Labute approximate surface area is 396 Å². The molecule has 1 aromatic carbocycles. The van der Waals surface area contributed by atoms with Gasteiger partial charge in [0.25, 0.3) is 0 Å². The maximum atomic E-state index is 13.6. The number of amides is 3. The quantitative estimate of drug-likeness (QED) is 0.0558. The second-order valence-electron chi connectivity index (χ2n) is 20.7. The van der Waals surface area contributed by atoms with Crippen LogP contribution in [0.4, 0.5) is 4.79 Å². The number of nitrogens with zero attached hydrogens (tertiary/aromatic N) is 5. The summed E-state index contributed by atoms with van der Waals surface area (Å²) < 4.78 is 25.9. The predicted octanol–water partition coefficient (Wildman–Crippen LogP) is 6.10. The fourth-order valence-corrected chi connectivity index (χ4v) is 6.66. The molecule has 3 rings (SSSR count). The van der Waals surface area contributed by atoms with Gasteiger partial charge in [0.1, 0.15) is 59.2 Å². The molecule has 3 aromatic rings. The Morgan fingerprint density at radius 1 is 0.627 bits per heavy atom. The summed E-state index contributed by atoms with van der Waals surface area (Å²) in [5.74, 6) is -1.30. The minimum atomic E-state index is -1.19. The highest BCUT2D eigenvalue weighted by molar-refractivity contribution is 5.88. The summed E-state index contributed by atoms with van der Waals surface area (Å²) in [7, 11) is 0. The van der Waals surface area contributed by atoms with E-state index in [4.69, 9.17) is 18.9 Å². The van der Waals surface area contributed by atoms with E-state index in [0.29, 0.717) is 57.1 Å². The Hall–Kier alpha value is -5.78. The van der Waals surface area contributed by atoms with Crippen molar-refractivity contribution in [3.63, 3.8) is 0 Å². The Morgan fingerprint density at radius 3 is 1.52 bits per heavy atom. The Kier molecular flexibility index (Phi) is 20.6. The molecule has 0 spiro atoms. The minimum absolute atomic E-state index is 0.0440. The van der Waals surface area contributed by atoms with E-state index in [1.54, 1.807) is 117 Å². The highest BCUT2D eigenvalue weighted by atomic mass is 16.6. The number of rotatable bonds is 23. The van der Waals surface area contributed by atoms with E-state index in [2.05, 4.69) is 30.8 Å². The van der Waals surface area contributed by atoms with Crippen molar-refractivity contribution in [1.29, 1.82) is 0 Å². The van der Waals surface area contributed by atoms with Gasteiger partial charge in [0.05, 0.1) is 13.1 Å². The van der Waals surface area contributed by atoms with Crippen molar-refractivity contribution in [1.82, 2.24) is 40.0 Å². The molecule has 0 aliphatic heterocycles. The third-order valence-corrected chi connectivity index (χ3v) is 9.50. The number of aromatic nitrogens is 4. The molecular weight excluding hydrogens is 861 g/mol. The lowest BCUT2D eigenvalue weighted by molar-refractivity contribution is -0.158. The van der Waals surface area contributed by atoms with E-state index in [1.165, 1.54) is 0 Å². The standard InChI is InChI=1S/C49H76N8O10/c1-34-17-19-35(20-18-34)23-24-52-40(58)22-21-37(44(62)67-49(11,12)13)54-45(63)53-36(43(61)66-48(8,9)10)16-14-15-27-55(30-38-50-25-28-56(38)32-41(59)64-46(2,3)4)31-39-51-26-29-57(39)33-42(60)65-47(5,6)7/h17-20,25-26,28-29,36-37H,14-16,21-24,27,30-33H2,1-13H3,(H,52,58)(H2,53,54,63). The second kappa shape index (κ2) is 24.8. The summed E-state index contributed by atoms with van der Waals surface area (Å²) in [5, 5.41) is 8.24. The lowest BCUT2D eigenvalue weighted by Crippen LogP contribution is -2.53. The number of carbonyl (C=O) groups excluding carboxylic acids is 6. The largest absolute Gasteiger partial charge is 0.459 e. The number of ether oxygens (including phenoxy) is 4. The summed E-state index contributed by atoms with van der Waals surface area (Å²) in [4.78, 5) is 90.2. The molecule has 18 heteroatoms. The van der Waals surface area contributed by atoms with Crippen LogP contribution in [0.25, 0.3) is 0 Å². The number of esters is 4. The molecule has 2 atom stereocenters. The van der Waals surface area contributed by atoms with Gasteiger partial charge < -0.3 is 44.0 Å². The third kappa shape index (κ3) is 23.0. The van der Waals surface area contributed by atoms with Crippen LogP contribution in [0, 0.1) is 6.92 Å². The molecule has 0 fully saturated rings. The average molecular weight is 937 g/mol. The first kappa shape index (κ1) is 55.5. The summed E-state index contributed by atoms with van der Waals surface area (Å²) in [5.41, 5.74) is -0.843. The van der Waals surface area contributed by atoms with Gasteiger partial charge in [0.2, 0.25) is 5.91 Å². The van der Waals surface area contributed by atoms with Crippen molar-refractivity contribution in [3.05, 3.63) is 71.8 Å². The highest BCUT2D eigenvalue weighted by Gasteiger charge is 2.31. The number of benzene rings is 1. The van der Waals surface area contributed by atoms with E-state index in [-0.39, 0.29) is 38.3 Å². The Morgan fingerprint density at radius 2 is 1.07 bits per heavy atom. The molecule has 0 aliphatic carbocycles. The molecule has 3 amide bonds. The summed E-state index contributed by atoms with van der Waals surface area (Å²) in [6.45, 7) is 24.5. The van der Waals surface area contributed by atoms with Gasteiger partial charge in [0, 0.05) is 37.8 Å². The van der Waals surface area contributed by atoms with Crippen molar-refractivity contribution < 1.29 is 47.7 Å². The first-order valence-electron chi connectivity index (χ1n) is 23.1. The molecule has 0 bridgehead atoms. The van der Waals surface area contributed by atoms with Crippen LogP contribution in [-0.4, -0.2) is 107 Å². The maximum Gasteiger partial charge on any atom is 0.329 e. The normalized spacial score (nSPS) is 13.0. The topological polar surface area (TPSA) is 214 Å². The van der Waals surface area contributed by atoms with Gasteiger partial charge in [-0.05, 0) is 134 Å². The molecule has 0 saturated heterocycles. The van der Waals surface area contributed by atoms with Crippen LogP contribution in [0.1, 0.15) is 138 Å². The number of urea groups is 1. The zero-order valence-corrected chi connectivity index (χ0v) is 42.1. The van der Waals surface area contributed by atoms with Crippen LogP contribution in [0.5, 0.6) is 0 Å². The number of hydrogen-bond donors (Lipinski definition) is 3. The molecule has 372 valence electrons. The van der Waals surface area contributed by atoms with Gasteiger partial charge in [-0.15, -0.1) is 0 Å². The summed E-state index contributed by atoms with van der Waals surface area (Å²) in [6.07, 6.45) is 8.31. The predicted molar refractivity (Wildman–Crippen MR) is 252 cm³/mol. The molecule has 18 nitrogen and oxygen atoms in total. The minimum Gasteiger partial charge on any atom is -0.459 e. The van der Waals surface area contributed by atoms with Crippen molar-refractivity contribution in [2.45, 2.75) is 189 Å². The lowest BCUT2D eigenvalue weighted by atomic mass is 10.1. The smallest absolute Gasteiger partial charge is 0.329 e. The first-order chi connectivity index (χ1) is 31.0. The first-order valence-corrected chi connectivity index (χ1v) is 23.1. The molecule has 2 aromatic heterocycles. The van der Waals surface area contributed by atoms with Crippen molar-refractivity contribution >= 4 is 35.8 Å². The maximum absolute atomic E-state index is 13.6. The van der Waals surface area contributed by atoms with E-state index >= 15 is 0 Å². The van der Waals surface area contributed by atoms with E-state index in [9.17, 15) is 28.8 Å². The number of imidazole rings is 2. The summed E-state index contributed by atoms with van der Waals surface area (Å²) in [6, 6.07) is 4.93. The van der Waals surface area contributed by atoms with Crippen LogP contribution in [0.2, 0.25) is 0 Å². The van der Waals surface area contributed by atoms with E-state index < -0.39 is 64.4 Å². The SMILES string of the molecule is Cc1ccc(CCNC(=O)CCC(NC(=O)NC(CCCCN(Cc2nccn2CC(=O)OC(C)(C)C)Cc2nccn2CC(=O)OC(C)(C)C)C(=O)OC(C)(C)C)C(=O)OC(C)(C)C)cc1. The molecule has 2 unspecified atom stereocenters. The van der Waals surface area contributed by atoms with Crippen molar-refractivity contribution in [2.24, 2.45) is 0 Å². The van der Waals surface area contributed by atoms with E-state index in [0.717, 1.165) is 11.1 Å². The summed E-state index contributed by atoms with van der Waals surface area (Å²) >= 11 is 0. The Bertz CT molecular complexity index is 2010. The van der Waals surface area contributed by atoms with Crippen molar-refractivity contribution in [3.8, 4) is 0 Å². The third-order valence-electron chi connectivity index (χ3n) is 9.50. The zero-order chi connectivity index (χ0) is 50.2. The van der Waals surface area contributed by atoms with Gasteiger partial charge >= 0.3 is 29.9 Å². The van der Waals surface area contributed by atoms with Gasteiger partial charge in [-0.3, -0.25) is 19.3 Å². The fourth-order valence-electron chi connectivity index (χ4n) is 6.66. The van der Waals surface area contributed by atoms with Crippen LogP contribution < -0.4 is 16.0 Å². The van der Waals surface area contributed by atoms with Crippen LogP contribution in [0.15, 0.2) is 49.1 Å². The van der Waals surface area contributed by atoms with Gasteiger partial charge in [0.15, 0.2) is 0 Å². The van der Waals surface area contributed by atoms with Crippen LogP contribution in [-0.2, 0) is 75.5 Å². The monoisotopic (exact) mass is 937 g/mol. The van der Waals surface area contributed by atoms with Crippen molar-refractivity contribution in [2.75, 3.05) is 13.1 Å². The average Bonchev–Trinajstić information content (AvgIpc) is 3.80. The molecule has 0 aliphatic rings. The molecule has 0 radical (unpaired) electrons. The second-order valence-corrected chi connectivity index (χ2v) is 20.7. The molecule has 67 heavy (non-hydrogen) atoms. The fraction of sp³-hybridized carbons (Fsp3) is 0.633. The zero-order valence-electron chi connectivity index (χ0n) is 42.1. The van der Waals surface area contributed by atoms with E-state index in [1.807, 2.05) is 31.2 Å². The number of carbonyl (C=O) groups is 6. The number of aryl methyl sites for hydroxylation is 1. The number of nitrogens with one attached hydrogen (secondary N) is 3. The molecule has 0 saturated carbocycles.